The van der Waals surface area contributed by atoms with Crippen LogP contribution in [0.4, 0.5) is 0 Å². The van der Waals surface area contributed by atoms with E-state index in [1.54, 1.807) is 6.20 Å². The first-order valence-corrected chi connectivity index (χ1v) is 6.51. The van der Waals surface area contributed by atoms with Gasteiger partial charge in [0.1, 0.15) is 5.01 Å². The van der Waals surface area contributed by atoms with E-state index in [4.69, 9.17) is 5.11 Å². The predicted octanol–water partition coefficient (Wildman–Crippen LogP) is 0.518. The number of rotatable bonds is 4. The van der Waals surface area contributed by atoms with Crippen LogP contribution in [-0.4, -0.2) is 59.1 Å². The number of carboxylic acids is 1. The summed E-state index contributed by atoms with van der Waals surface area (Å²) in [6.07, 6.45) is 1.77. The van der Waals surface area contributed by atoms with E-state index in [0.717, 1.165) is 42.6 Å². The van der Waals surface area contributed by atoms with E-state index >= 15 is 0 Å². The molecule has 94 valence electrons. The Morgan fingerprint density at radius 1 is 1.47 bits per heavy atom. The third-order valence-electron chi connectivity index (χ3n) is 2.88. The van der Waals surface area contributed by atoms with Crippen LogP contribution in [0.3, 0.4) is 0 Å². The van der Waals surface area contributed by atoms with E-state index in [9.17, 15) is 4.79 Å². The van der Waals surface area contributed by atoms with Gasteiger partial charge in [0.15, 0.2) is 0 Å². The van der Waals surface area contributed by atoms with Gasteiger partial charge in [-0.3, -0.25) is 9.69 Å². The zero-order valence-electron chi connectivity index (χ0n) is 9.93. The first-order valence-electron chi connectivity index (χ1n) is 5.70. The molecule has 2 rings (SSSR count). The number of hydrogen-bond donors (Lipinski definition) is 1. The smallest absolute Gasteiger partial charge is 0.308 e. The van der Waals surface area contributed by atoms with Crippen molar-refractivity contribution in [2.75, 3.05) is 33.2 Å². The number of aromatic nitrogens is 1. The normalized spacial score (nSPS) is 18.4. The molecule has 1 aliphatic heterocycles. The lowest BCUT2D eigenvalue weighted by Crippen LogP contribution is -2.43. The molecule has 0 radical (unpaired) electrons. The summed E-state index contributed by atoms with van der Waals surface area (Å²) in [6, 6.07) is 0. The van der Waals surface area contributed by atoms with Gasteiger partial charge in [0.25, 0.3) is 0 Å². The molecule has 0 amide bonds. The summed E-state index contributed by atoms with van der Waals surface area (Å²) in [6.45, 7) is 5.15. The molecule has 0 aromatic carbocycles. The Morgan fingerprint density at radius 2 is 2.18 bits per heavy atom. The third-order valence-corrected chi connectivity index (χ3v) is 3.86. The molecular formula is C11H17N3O2S. The Kier molecular flexibility index (Phi) is 4.09. The quantitative estimate of drug-likeness (QED) is 0.850. The maximum Gasteiger partial charge on any atom is 0.308 e. The lowest BCUT2D eigenvalue weighted by atomic mass is 10.3. The van der Waals surface area contributed by atoms with Crippen molar-refractivity contribution in [1.29, 1.82) is 0 Å². The van der Waals surface area contributed by atoms with Crippen molar-refractivity contribution >= 4 is 17.3 Å². The molecule has 6 heteroatoms. The number of carbonyl (C=O) groups is 1. The van der Waals surface area contributed by atoms with Gasteiger partial charge in [0, 0.05) is 37.3 Å². The minimum Gasteiger partial charge on any atom is -0.481 e. The van der Waals surface area contributed by atoms with Gasteiger partial charge in [-0.25, -0.2) is 4.98 Å². The molecule has 1 aromatic rings. The molecule has 0 aliphatic carbocycles. The van der Waals surface area contributed by atoms with Crippen LogP contribution < -0.4 is 0 Å². The fourth-order valence-electron chi connectivity index (χ4n) is 1.85. The summed E-state index contributed by atoms with van der Waals surface area (Å²) >= 11 is 1.51. The number of nitrogens with zero attached hydrogens (tertiary/aromatic N) is 3. The molecule has 5 nitrogen and oxygen atoms in total. The summed E-state index contributed by atoms with van der Waals surface area (Å²) in [5.41, 5.74) is 0. The van der Waals surface area contributed by atoms with E-state index in [0.29, 0.717) is 0 Å². The van der Waals surface area contributed by atoms with E-state index in [2.05, 4.69) is 21.8 Å². The molecule has 0 saturated carbocycles. The first-order chi connectivity index (χ1) is 8.13. The highest BCUT2D eigenvalue weighted by Crippen LogP contribution is 2.16. The minimum absolute atomic E-state index is 0.0837. The van der Waals surface area contributed by atoms with E-state index in [1.807, 2.05) is 0 Å². The Hall–Kier alpha value is -0.980. The van der Waals surface area contributed by atoms with Gasteiger partial charge in [0.05, 0.1) is 13.0 Å². The van der Waals surface area contributed by atoms with Gasteiger partial charge in [-0.2, -0.15) is 0 Å². The van der Waals surface area contributed by atoms with Crippen LogP contribution in [0.25, 0.3) is 0 Å². The number of likely N-dealkylation sites (N-methyl/N-ethyl adjacent to an activating group) is 1. The van der Waals surface area contributed by atoms with Crippen molar-refractivity contribution in [2.24, 2.45) is 0 Å². The van der Waals surface area contributed by atoms with Crippen LogP contribution in [0.15, 0.2) is 6.20 Å². The molecular weight excluding hydrogens is 238 g/mol. The summed E-state index contributed by atoms with van der Waals surface area (Å²) in [4.78, 5) is 20.4. The van der Waals surface area contributed by atoms with Gasteiger partial charge < -0.3 is 10.0 Å². The number of piperazine rings is 1. The van der Waals surface area contributed by atoms with Crippen molar-refractivity contribution in [2.45, 2.75) is 13.0 Å². The Bertz CT molecular complexity index is 386. The zero-order chi connectivity index (χ0) is 12.3. The number of carboxylic acid groups (broad SMARTS) is 1. The standard InChI is InChI=1S/C11H17N3O2S/c1-13-2-4-14(5-3-13)8-10-12-7-9(17-10)6-11(15)16/h7H,2-6,8H2,1H3,(H,15,16). The molecule has 1 N–H and O–H groups in total. The maximum absolute atomic E-state index is 10.6. The van der Waals surface area contributed by atoms with Crippen molar-refractivity contribution in [3.63, 3.8) is 0 Å². The second kappa shape index (κ2) is 5.57. The fraction of sp³-hybridized carbons (Fsp3) is 0.636. The molecule has 1 saturated heterocycles. The second-order valence-electron chi connectivity index (χ2n) is 4.37. The summed E-state index contributed by atoms with van der Waals surface area (Å²) in [5.74, 6) is -0.792. The largest absolute Gasteiger partial charge is 0.481 e. The molecule has 2 heterocycles. The molecule has 0 bridgehead atoms. The van der Waals surface area contributed by atoms with E-state index in [-0.39, 0.29) is 6.42 Å². The van der Waals surface area contributed by atoms with Gasteiger partial charge in [-0.05, 0) is 7.05 Å². The SMILES string of the molecule is CN1CCN(Cc2ncc(CC(=O)O)s2)CC1. The highest BCUT2D eigenvalue weighted by Gasteiger charge is 2.15. The second-order valence-corrected chi connectivity index (χ2v) is 5.57. The average molecular weight is 255 g/mol. The molecule has 17 heavy (non-hydrogen) atoms. The maximum atomic E-state index is 10.6. The van der Waals surface area contributed by atoms with E-state index in [1.165, 1.54) is 11.3 Å². The first kappa shape index (κ1) is 12.5. The zero-order valence-corrected chi connectivity index (χ0v) is 10.7. The summed E-state index contributed by atoms with van der Waals surface area (Å²) < 4.78 is 0. The fourth-order valence-corrected chi connectivity index (χ4v) is 2.81. The van der Waals surface area contributed by atoms with Gasteiger partial charge >= 0.3 is 5.97 Å². The number of thiazole rings is 1. The topological polar surface area (TPSA) is 56.7 Å². The molecule has 0 spiro atoms. The highest BCUT2D eigenvalue weighted by atomic mass is 32.1. The Balaban J connectivity index is 1.86. The van der Waals surface area contributed by atoms with Gasteiger partial charge in [-0.1, -0.05) is 0 Å². The molecule has 0 atom stereocenters. The number of aliphatic carboxylic acids is 1. The average Bonchev–Trinajstić information content (AvgIpc) is 2.68. The Labute approximate surface area is 105 Å². The highest BCUT2D eigenvalue weighted by molar-refractivity contribution is 7.11. The van der Waals surface area contributed by atoms with Crippen LogP contribution in [0.1, 0.15) is 9.88 Å². The van der Waals surface area contributed by atoms with E-state index < -0.39 is 5.97 Å². The number of hydrogen-bond acceptors (Lipinski definition) is 5. The van der Waals surface area contributed by atoms with Crippen molar-refractivity contribution in [3.05, 3.63) is 16.1 Å². The molecule has 1 aliphatic rings. The monoisotopic (exact) mass is 255 g/mol. The summed E-state index contributed by atoms with van der Waals surface area (Å²) in [5, 5.41) is 9.71. The van der Waals surface area contributed by atoms with Crippen LogP contribution in [0, 0.1) is 0 Å². The molecule has 1 aromatic heterocycles. The predicted molar refractivity (Wildman–Crippen MR) is 66.2 cm³/mol. The molecule has 1 fully saturated rings. The van der Waals surface area contributed by atoms with Gasteiger partial charge in [-0.15, -0.1) is 11.3 Å². The van der Waals surface area contributed by atoms with Gasteiger partial charge in [0.2, 0.25) is 0 Å². The lowest BCUT2D eigenvalue weighted by molar-refractivity contribution is -0.136. The van der Waals surface area contributed by atoms with Crippen LogP contribution in [-0.2, 0) is 17.8 Å². The van der Waals surface area contributed by atoms with Crippen LogP contribution >= 0.6 is 11.3 Å². The molecule has 0 unspecified atom stereocenters. The third kappa shape index (κ3) is 3.76. The Morgan fingerprint density at radius 3 is 2.82 bits per heavy atom. The summed E-state index contributed by atoms with van der Waals surface area (Å²) in [7, 11) is 2.13. The van der Waals surface area contributed by atoms with Crippen molar-refractivity contribution in [3.8, 4) is 0 Å². The lowest BCUT2D eigenvalue weighted by Gasteiger charge is -2.31. The minimum atomic E-state index is -0.792. The van der Waals surface area contributed by atoms with Crippen molar-refractivity contribution < 1.29 is 9.90 Å². The van der Waals surface area contributed by atoms with Crippen molar-refractivity contribution in [1.82, 2.24) is 14.8 Å². The van der Waals surface area contributed by atoms with Crippen LogP contribution in [0.5, 0.6) is 0 Å². The van der Waals surface area contributed by atoms with Crippen LogP contribution in [0.2, 0.25) is 0 Å².